The fourth-order valence-corrected chi connectivity index (χ4v) is 4.02. The molecule has 2 rings (SSSR count). The maximum atomic E-state index is 12.3. The van der Waals surface area contributed by atoms with Crippen LogP contribution < -0.4 is 0 Å². The smallest absolute Gasteiger partial charge is 0.165 e. The molecule has 0 N–H and O–H groups in total. The number of ketones is 1. The van der Waals surface area contributed by atoms with Crippen molar-refractivity contribution >= 4 is 17.5 Å². The van der Waals surface area contributed by atoms with Gasteiger partial charge in [0, 0.05) is 35.2 Å². The molecule has 3 heteroatoms. The molecule has 0 aliphatic heterocycles. The van der Waals surface area contributed by atoms with E-state index in [1.807, 2.05) is 11.8 Å². The summed E-state index contributed by atoms with van der Waals surface area (Å²) in [5.74, 6) is 1.44. The van der Waals surface area contributed by atoms with E-state index in [2.05, 4.69) is 44.6 Å². The first kappa shape index (κ1) is 14.7. The van der Waals surface area contributed by atoms with Gasteiger partial charge in [0.05, 0.1) is 0 Å². The minimum atomic E-state index is 0.101. The molecule has 1 atom stereocenters. The quantitative estimate of drug-likeness (QED) is 0.821. The van der Waals surface area contributed by atoms with Crippen LogP contribution in [0.15, 0.2) is 6.07 Å². The lowest BCUT2D eigenvalue weighted by Crippen LogP contribution is -2.29. The highest BCUT2D eigenvalue weighted by Crippen LogP contribution is 2.38. The van der Waals surface area contributed by atoms with E-state index in [-0.39, 0.29) is 5.41 Å². The molecular formula is C16H25NOS. The van der Waals surface area contributed by atoms with Crippen LogP contribution in [0, 0.1) is 12.3 Å². The van der Waals surface area contributed by atoms with Crippen LogP contribution in [0.25, 0.3) is 0 Å². The van der Waals surface area contributed by atoms with Gasteiger partial charge in [-0.1, -0.05) is 20.8 Å². The molecule has 1 aromatic heterocycles. The zero-order chi connectivity index (χ0) is 14.2. The third kappa shape index (κ3) is 2.76. The number of carbonyl (C=O) groups is 1. The van der Waals surface area contributed by atoms with Crippen molar-refractivity contribution in [2.45, 2.75) is 53.0 Å². The third-order valence-corrected chi connectivity index (χ3v) is 4.83. The van der Waals surface area contributed by atoms with Gasteiger partial charge >= 0.3 is 0 Å². The van der Waals surface area contributed by atoms with Crippen molar-refractivity contribution < 1.29 is 4.79 Å². The van der Waals surface area contributed by atoms with E-state index in [9.17, 15) is 4.79 Å². The topological polar surface area (TPSA) is 22.0 Å². The number of thioether (sulfide) groups is 1. The standard InChI is InChI=1S/C16H25NOS/c1-6-12(10-19-5)17-11(2)7-13-14(17)8-16(3,4)9-15(13)18/h7,12H,6,8-10H2,1-5H3. The number of fused-ring (bicyclic) bond motifs is 1. The summed E-state index contributed by atoms with van der Waals surface area (Å²) in [5, 5.41) is 0. The summed E-state index contributed by atoms with van der Waals surface area (Å²) in [7, 11) is 0. The molecular weight excluding hydrogens is 254 g/mol. The largest absolute Gasteiger partial charge is 0.344 e. The van der Waals surface area contributed by atoms with Crippen molar-refractivity contribution in [3.63, 3.8) is 0 Å². The molecule has 106 valence electrons. The number of hydrogen-bond acceptors (Lipinski definition) is 2. The fraction of sp³-hybridized carbons (Fsp3) is 0.688. The van der Waals surface area contributed by atoms with Gasteiger partial charge in [-0.3, -0.25) is 4.79 Å². The molecule has 0 saturated carbocycles. The highest BCUT2D eigenvalue weighted by atomic mass is 32.2. The first-order chi connectivity index (χ1) is 8.89. The summed E-state index contributed by atoms with van der Waals surface area (Å²) in [4.78, 5) is 12.3. The van der Waals surface area contributed by atoms with Crippen LogP contribution in [0.4, 0.5) is 0 Å². The first-order valence-electron chi connectivity index (χ1n) is 7.12. The van der Waals surface area contributed by atoms with Gasteiger partial charge in [0.2, 0.25) is 0 Å². The first-order valence-corrected chi connectivity index (χ1v) is 8.52. The second-order valence-corrected chi connectivity index (χ2v) is 7.39. The molecule has 0 aromatic carbocycles. The minimum Gasteiger partial charge on any atom is -0.344 e. The summed E-state index contributed by atoms with van der Waals surface area (Å²) in [6.45, 7) is 8.79. The molecule has 1 aromatic rings. The summed E-state index contributed by atoms with van der Waals surface area (Å²) in [5.41, 5.74) is 3.61. The molecule has 0 spiro atoms. The Morgan fingerprint density at radius 2 is 2.11 bits per heavy atom. The lowest BCUT2D eigenvalue weighted by atomic mass is 9.76. The minimum absolute atomic E-state index is 0.101. The van der Waals surface area contributed by atoms with Gasteiger partial charge in [-0.25, -0.2) is 0 Å². The molecule has 0 radical (unpaired) electrons. The van der Waals surface area contributed by atoms with E-state index in [1.165, 1.54) is 11.4 Å². The highest BCUT2D eigenvalue weighted by Gasteiger charge is 2.34. The Bertz CT molecular complexity index is 487. The summed E-state index contributed by atoms with van der Waals surface area (Å²) in [6, 6.07) is 2.62. The zero-order valence-corrected chi connectivity index (χ0v) is 13.6. The van der Waals surface area contributed by atoms with Gasteiger partial charge in [0.1, 0.15) is 0 Å². The number of carbonyl (C=O) groups excluding carboxylic acids is 1. The Kier molecular flexibility index (Phi) is 4.14. The van der Waals surface area contributed by atoms with Gasteiger partial charge in [-0.05, 0) is 37.5 Å². The molecule has 0 fully saturated rings. The predicted molar refractivity (Wildman–Crippen MR) is 83.3 cm³/mol. The maximum absolute atomic E-state index is 12.3. The number of rotatable bonds is 4. The Morgan fingerprint density at radius 1 is 1.42 bits per heavy atom. The fourth-order valence-electron chi connectivity index (χ4n) is 3.25. The number of hydrogen-bond donors (Lipinski definition) is 0. The van der Waals surface area contributed by atoms with Crippen molar-refractivity contribution in [3.05, 3.63) is 23.0 Å². The molecule has 1 aliphatic rings. The van der Waals surface area contributed by atoms with Crippen LogP contribution in [0.3, 0.4) is 0 Å². The number of nitrogens with zero attached hydrogens (tertiary/aromatic N) is 1. The van der Waals surface area contributed by atoms with E-state index >= 15 is 0 Å². The van der Waals surface area contributed by atoms with Gasteiger partial charge in [0.15, 0.2) is 5.78 Å². The van der Waals surface area contributed by atoms with E-state index in [4.69, 9.17) is 0 Å². The second-order valence-electron chi connectivity index (χ2n) is 6.47. The van der Waals surface area contributed by atoms with Crippen molar-refractivity contribution in [2.24, 2.45) is 5.41 Å². The molecule has 1 aliphatic carbocycles. The van der Waals surface area contributed by atoms with Crippen molar-refractivity contribution in [1.29, 1.82) is 0 Å². The molecule has 0 amide bonds. The Hall–Kier alpha value is -0.700. The molecule has 2 nitrogen and oxygen atoms in total. The monoisotopic (exact) mass is 279 g/mol. The number of Topliss-reactive ketones (excluding diaryl/α,β-unsaturated/α-hetero) is 1. The summed E-state index contributed by atoms with van der Waals surface area (Å²) < 4.78 is 2.44. The van der Waals surface area contributed by atoms with Crippen LogP contribution in [-0.4, -0.2) is 22.4 Å². The van der Waals surface area contributed by atoms with Gasteiger partial charge in [0.25, 0.3) is 0 Å². The lowest BCUT2D eigenvalue weighted by Gasteiger charge is -2.31. The van der Waals surface area contributed by atoms with Crippen LogP contribution >= 0.6 is 11.8 Å². The highest BCUT2D eigenvalue weighted by molar-refractivity contribution is 7.98. The molecule has 1 heterocycles. The number of aromatic nitrogens is 1. The molecule has 0 saturated heterocycles. The third-order valence-electron chi connectivity index (χ3n) is 4.12. The maximum Gasteiger partial charge on any atom is 0.165 e. The van der Waals surface area contributed by atoms with Gasteiger partial charge < -0.3 is 4.57 Å². The van der Waals surface area contributed by atoms with Crippen molar-refractivity contribution in [2.75, 3.05) is 12.0 Å². The van der Waals surface area contributed by atoms with Gasteiger partial charge in [-0.15, -0.1) is 0 Å². The van der Waals surface area contributed by atoms with E-state index in [1.54, 1.807) is 0 Å². The van der Waals surface area contributed by atoms with Crippen LogP contribution in [-0.2, 0) is 6.42 Å². The van der Waals surface area contributed by atoms with Crippen LogP contribution in [0.1, 0.15) is 61.4 Å². The summed E-state index contributed by atoms with van der Waals surface area (Å²) in [6.07, 6.45) is 4.98. The van der Waals surface area contributed by atoms with Crippen LogP contribution in [0.2, 0.25) is 0 Å². The van der Waals surface area contributed by atoms with E-state index < -0.39 is 0 Å². The number of aryl methyl sites for hydroxylation is 1. The molecule has 0 bridgehead atoms. The van der Waals surface area contributed by atoms with Crippen molar-refractivity contribution in [3.8, 4) is 0 Å². The van der Waals surface area contributed by atoms with Crippen molar-refractivity contribution in [1.82, 2.24) is 4.57 Å². The lowest BCUT2D eigenvalue weighted by molar-refractivity contribution is 0.0909. The Morgan fingerprint density at radius 3 is 2.68 bits per heavy atom. The second kappa shape index (κ2) is 5.35. The van der Waals surface area contributed by atoms with Crippen LogP contribution in [0.5, 0.6) is 0 Å². The summed E-state index contributed by atoms with van der Waals surface area (Å²) >= 11 is 1.89. The Balaban J connectivity index is 2.49. The SMILES string of the molecule is CCC(CSC)n1c(C)cc2c1CC(C)(C)CC2=O. The Labute approximate surface area is 121 Å². The average Bonchev–Trinajstić information content (AvgIpc) is 2.62. The van der Waals surface area contributed by atoms with E-state index in [0.29, 0.717) is 18.2 Å². The predicted octanol–water partition coefficient (Wildman–Crippen LogP) is 4.27. The zero-order valence-electron chi connectivity index (χ0n) is 12.7. The molecule has 1 unspecified atom stereocenters. The average molecular weight is 279 g/mol. The van der Waals surface area contributed by atoms with Gasteiger partial charge in [-0.2, -0.15) is 11.8 Å². The molecule has 19 heavy (non-hydrogen) atoms. The van der Waals surface area contributed by atoms with E-state index in [0.717, 1.165) is 24.2 Å². The normalized spacial score (nSPS) is 19.3.